The van der Waals surface area contributed by atoms with Gasteiger partial charge in [-0.2, -0.15) is 0 Å². The van der Waals surface area contributed by atoms with Gasteiger partial charge in [-0.15, -0.1) is 10.2 Å². The van der Waals surface area contributed by atoms with Crippen LogP contribution in [0.15, 0.2) is 52.9 Å². The summed E-state index contributed by atoms with van der Waals surface area (Å²) in [7, 11) is 0. The second kappa shape index (κ2) is 8.62. The van der Waals surface area contributed by atoms with Crippen molar-refractivity contribution in [2.45, 2.75) is 33.6 Å². The predicted molar refractivity (Wildman–Crippen MR) is 106 cm³/mol. The lowest BCUT2D eigenvalue weighted by molar-refractivity contribution is 0.0755. The second-order valence-electron chi connectivity index (χ2n) is 6.65. The quantitative estimate of drug-likeness (QED) is 0.594. The van der Waals surface area contributed by atoms with Gasteiger partial charge in [0.05, 0.1) is 0 Å². The fraction of sp³-hybridized carbons (Fsp3) is 0.318. The summed E-state index contributed by atoms with van der Waals surface area (Å²) in [6, 6.07) is 15.3. The minimum absolute atomic E-state index is 0.0659. The maximum Gasteiger partial charge on any atom is 0.253 e. The molecule has 2 aromatic carbocycles. The van der Waals surface area contributed by atoms with Crippen LogP contribution in [0.2, 0.25) is 0 Å². The monoisotopic (exact) mass is 363 g/mol. The van der Waals surface area contributed by atoms with Crippen LogP contribution in [0.4, 0.5) is 0 Å². The SMILES string of the molecule is CCCN(CCC)C(=O)c1ccc(-c2nnc(-c3ccc(C)cc3)o2)cc1. The summed E-state index contributed by atoms with van der Waals surface area (Å²) < 4.78 is 5.80. The van der Waals surface area contributed by atoms with E-state index >= 15 is 0 Å². The number of nitrogens with zero attached hydrogens (tertiary/aromatic N) is 3. The Labute approximate surface area is 160 Å². The average Bonchev–Trinajstić information content (AvgIpc) is 3.18. The molecule has 0 spiro atoms. The molecule has 0 fully saturated rings. The molecule has 3 rings (SSSR count). The van der Waals surface area contributed by atoms with Gasteiger partial charge in [0.15, 0.2) is 0 Å². The molecular weight excluding hydrogens is 338 g/mol. The number of hydrogen-bond donors (Lipinski definition) is 0. The molecular formula is C22H25N3O2. The van der Waals surface area contributed by atoms with E-state index in [0.717, 1.165) is 37.1 Å². The van der Waals surface area contributed by atoms with Crippen molar-refractivity contribution in [3.8, 4) is 22.9 Å². The van der Waals surface area contributed by atoms with Gasteiger partial charge in [0.2, 0.25) is 11.8 Å². The summed E-state index contributed by atoms with van der Waals surface area (Å²) in [5, 5.41) is 8.28. The number of aromatic nitrogens is 2. The third kappa shape index (κ3) is 4.42. The molecule has 0 aliphatic rings. The van der Waals surface area contributed by atoms with Gasteiger partial charge in [-0.3, -0.25) is 4.79 Å². The molecule has 0 aliphatic carbocycles. The number of amides is 1. The number of hydrogen-bond acceptors (Lipinski definition) is 4. The van der Waals surface area contributed by atoms with Gasteiger partial charge in [-0.1, -0.05) is 31.5 Å². The number of rotatable bonds is 7. The number of benzene rings is 2. The second-order valence-corrected chi connectivity index (χ2v) is 6.65. The van der Waals surface area contributed by atoms with Crippen molar-refractivity contribution in [3.05, 3.63) is 59.7 Å². The maximum absolute atomic E-state index is 12.7. The van der Waals surface area contributed by atoms with Crippen molar-refractivity contribution in [1.82, 2.24) is 15.1 Å². The van der Waals surface area contributed by atoms with Gasteiger partial charge >= 0.3 is 0 Å². The van der Waals surface area contributed by atoms with Crippen molar-refractivity contribution in [3.63, 3.8) is 0 Å². The first-order chi connectivity index (χ1) is 13.1. The molecule has 0 radical (unpaired) electrons. The molecule has 5 nitrogen and oxygen atoms in total. The Morgan fingerprint density at radius 3 is 1.81 bits per heavy atom. The van der Waals surface area contributed by atoms with Crippen LogP contribution in [0.5, 0.6) is 0 Å². The van der Waals surface area contributed by atoms with Crippen molar-refractivity contribution in [2.24, 2.45) is 0 Å². The predicted octanol–water partition coefficient (Wildman–Crippen LogP) is 4.97. The first kappa shape index (κ1) is 18.8. The van der Waals surface area contributed by atoms with E-state index in [4.69, 9.17) is 4.42 Å². The summed E-state index contributed by atoms with van der Waals surface area (Å²) in [5.74, 6) is 1.00. The van der Waals surface area contributed by atoms with E-state index in [1.807, 2.05) is 60.4 Å². The number of carbonyl (C=O) groups is 1. The van der Waals surface area contributed by atoms with Gasteiger partial charge in [0, 0.05) is 29.8 Å². The minimum Gasteiger partial charge on any atom is -0.416 e. The molecule has 140 valence electrons. The summed E-state index contributed by atoms with van der Waals surface area (Å²) in [6.45, 7) is 7.75. The normalized spacial score (nSPS) is 10.8. The van der Waals surface area contributed by atoms with Crippen LogP contribution in [0.1, 0.15) is 42.6 Å². The Balaban J connectivity index is 1.77. The average molecular weight is 363 g/mol. The highest BCUT2D eigenvalue weighted by Crippen LogP contribution is 2.24. The highest BCUT2D eigenvalue weighted by Gasteiger charge is 2.15. The lowest BCUT2D eigenvalue weighted by Crippen LogP contribution is -2.32. The first-order valence-corrected chi connectivity index (χ1v) is 9.42. The van der Waals surface area contributed by atoms with Crippen LogP contribution in [-0.4, -0.2) is 34.1 Å². The standard InChI is InChI=1S/C22H25N3O2/c1-4-14-25(15-5-2)22(26)19-12-10-18(11-13-19)21-24-23-20(27-21)17-8-6-16(3)7-9-17/h6-13H,4-5,14-15H2,1-3H3. The molecule has 0 aliphatic heterocycles. The Morgan fingerprint density at radius 1 is 0.852 bits per heavy atom. The van der Waals surface area contributed by atoms with Crippen LogP contribution in [0.3, 0.4) is 0 Å². The fourth-order valence-corrected chi connectivity index (χ4v) is 2.95. The molecule has 0 N–H and O–H groups in total. The Morgan fingerprint density at radius 2 is 1.33 bits per heavy atom. The molecule has 0 saturated carbocycles. The first-order valence-electron chi connectivity index (χ1n) is 9.42. The molecule has 1 amide bonds. The zero-order valence-electron chi connectivity index (χ0n) is 16.1. The molecule has 0 unspecified atom stereocenters. The topological polar surface area (TPSA) is 59.2 Å². The highest BCUT2D eigenvalue weighted by atomic mass is 16.4. The molecule has 3 aromatic rings. The van der Waals surface area contributed by atoms with Gasteiger partial charge in [0.25, 0.3) is 5.91 Å². The Hall–Kier alpha value is -2.95. The van der Waals surface area contributed by atoms with Crippen molar-refractivity contribution < 1.29 is 9.21 Å². The van der Waals surface area contributed by atoms with Crippen molar-refractivity contribution in [2.75, 3.05) is 13.1 Å². The van der Waals surface area contributed by atoms with E-state index in [1.54, 1.807) is 0 Å². The Bertz CT molecular complexity index is 877. The molecule has 1 heterocycles. The zero-order valence-corrected chi connectivity index (χ0v) is 16.1. The molecule has 5 heteroatoms. The summed E-state index contributed by atoms with van der Waals surface area (Å²) in [5.41, 5.74) is 3.55. The van der Waals surface area contributed by atoms with Crippen LogP contribution in [0, 0.1) is 6.92 Å². The van der Waals surface area contributed by atoms with E-state index in [1.165, 1.54) is 5.56 Å². The molecule has 0 bridgehead atoms. The number of carbonyl (C=O) groups excluding carboxylic acids is 1. The van der Waals surface area contributed by atoms with Gasteiger partial charge in [-0.25, -0.2) is 0 Å². The van der Waals surface area contributed by atoms with Gasteiger partial charge < -0.3 is 9.32 Å². The van der Waals surface area contributed by atoms with Crippen molar-refractivity contribution >= 4 is 5.91 Å². The van der Waals surface area contributed by atoms with Crippen molar-refractivity contribution in [1.29, 1.82) is 0 Å². The molecule has 0 saturated heterocycles. The summed E-state index contributed by atoms with van der Waals surface area (Å²) >= 11 is 0. The summed E-state index contributed by atoms with van der Waals surface area (Å²) in [4.78, 5) is 14.6. The fourth-order valence-electron chi connectivity index (χ4n) is 2.95. The van der Waals surface area contributed by atoms with Crippen LogP contribution >= 0.6 is 0 Å². The minimum atomic E-state index is 0.0659. The highest BCUT2D eigenvalue weighted by molar-refractivity contribution is 5.94. The van der Waals surface area contributed by atoms with E-state index in [-0.39, 0.29) is 5.91 Å². The Kier molecular flexibility index (Phi) is 6.01. The van der Waals surface area contributed by atoms with E-state index in [2.05, 4.69) is 24.0 Å². The van der Waals surface area contributed by atoms with Crippen LogP contribution in [0.25, 0.3) is 22.9 Å². The number of aryl methyl sites for hydroxylation is 1. The lowest BCUT2D eigenvalue weighted by Gasteiger charge is -2.21. The van der Waals surface area contributed by atoms with Crippen LogP contribution < -0.4 is 0 Å². The van der Waals surface area contributed by atoms with Gasteiger partial charge in [-0.05, 0) is 56.2 Å². The molecule has 0 atom stereocenters. The lowest BCUT2D eigenvalue weighted by atomic mass is 10.1. The smallest absolute Gasteiger partial charge is 0.253 e. The maximum atomic E-state index is 12.7. The van der Waals surface area contributed by atoms with E-state index < -0.39 is 0 Å². The third-order valence-electron chi connectivity index (χ3n) is 4.38. The zero-order chi connectivity index (χ0) is 19.2. The van der Waals surface area contributed by atoms with E-state index in [9.17, 15) is 4.79 Å². The van der Waals surface area contributed by atoms with Crippen LogP contribution in [-0.2, 0) is 0 Å². The summed E-state index contributed by atoms with van der Waals surface area (Å²) in [6.07, 6.45) is 1.90. The molecule has 27 heavy (non-hydrogen) atoms. The third-order valence-corrected chi connectivity index (χ3v) is 4.38. The largest absolute Gasteiger partial charge is 0.416 e. The van der Waals surface area contributed by atoms with Gasteiger partial charge in [0.1, 0.15) is 0 Å². The molecule has 1 aromatic heterocycles. The van der Waals surface area contributed by atoms with E-state index in [0.29, 0.717) is 17.3 Å².